The highest BCUT2D eigenvalue weighted by atomic mass is 32.1. The van der Waals surface area contributed by atoms with Crippen molar-refractivity contribution in [2.45, 2.75) is 39.5 Å². The Morgan fingerprint density at radius 3 is 2.57 bits per heavy atom. The molecule has 194 valence electrons. The van der Waals surface area contributed by atoms with Crippen LogP contribution in [-0.4, -0.2) is 40.3 Å². The minimum atomic E-state index is -4.57. The van der Waals surface area contributed by atoms with Crippen LogP contribution in [0.1, 0.15) is 31.1 Å². The van der Waals surface area contributed by atoms with Gasteiger partial charge >= 0.3 is 11.9 Å². The molecule has 4 rings (SSSR count). The van der Waals surface area contributed by atoms with E-state index in [2.05, 4.69) is 20.3 Å². The molecule has 11 nitrogen and oxygen atoms in total. The van der Waals surface area contributed by atoms with Gasteiger partial charge in [-0.25, -0.2) is 14.8 Å². The summed E-state index contributed by atoms with van der Waals surface area (Å²) in [6, 6.07) is -0.0485. The number of fused-ring (bicyclic) bond motifs is 1. The van der Waals surface area contributed by atoms with E-state index in [4.69, 9.17) is 0 Å². The number of pyridine rings is 1. The molecule has 1 unspecified atom stereocenters. The molecule has 0 aliphatic rings. The Morgan fingerprint density at radius 1 is 1.22 bits per heavy atom. The van der Waals surface area contributed by atoms with Crippen molar-refractivity contribution in [2.75, 3.05) is 5.32 Å². The highest BCUT2D eigenvalue weighted by molar-refractivity contribution is 7.13. The monoisotopic (exact) mass is 535 g/mol. The van der Waals surface area contributed by atoms with Gasteiger partial charge in [-0.15, -0.1) is 11.3 Å². The van der Waals surface area contributed by atoms with E-state index in [9.17, 15) is 32.3 Å². The lowest BCUT2D eigenvalue weighted by Gasteiger charge is -2.14. The number of Topliss-reactive ketones (excluding diaryl/α,β-unsaturated/α-hetero) is 1. The zero-order valence-corrected chi connectivity index (χ0v) is 20.8. The van der Waals surface area contributed by atoms with E-state index in [1.54, 1.807) is 0 Å². The third kappa shape index (κ3) is 4.81. The van der Waals surface area contributed by atoms with Crippen molar-refractivity contribution in [3.63, 3.8) is 0 Å². The first kappa shape index (κ1) is 25.9. The zero-order valence-electron chi connectivity index (χ0n) is 20.0. The number of aromatic nitrogens is 6. The van der Waals surface area contributed by atoms with Crippen molar-refractivity contribution in [2.24, 2.45) is 7.05 Å². The smallest absolute Gasteiger partial charge is 0.312 e. The molecule has 1 N–H and O–H groups in total. The number of carbonyl (C=O) groups is 2. The van der Waals surface area contributed by atoms with Gasteiger partial charge in [-0.3, -0.25) is 28.5 Å². The van der Waals surface area contributed by atoms with Crippen LogP contribution in [0.25, 0.3) is 21.7 Å². The van der Waals surface area contributed by atoms with Gasteiger partial charge in [0.05, 0.1) is 18.4 Å². The third-order valence-electron chi connectivity index (χ3n) is 5.63. The van der Waals surface area contributed by atoms with Crippen molar-refractivity contribution in [3.8, 4) is 10.6 Å². The summed E-state index contributed by atoms with van der Waals surface area (Å²) in [5.41, 5.74) is -2.39. The van der Waals surface area contributed by atoms with E-state index >= 15 is 0 Å². The van der Waals surface area contributed by atoms with Gasteiger partial charge in [0, 0.05) is 29.9 Å². The summed E-state index contributed by atoms with van der Waals surface area (Å²) in [7, 11) is 1.39. The number of hydrogen-bond donors (Lipinski definition) is 1. The molecule has 0 saturated carbocycles. The first-order valence-electron chi connectivity index (χ1n) is 10.8. The zero-order chi connectivity index (χ0) is 27.2. The molecule has 1 atom stereocenters. The number of carbonyl (C=O) groups excluding carboxylic acids is 2. The molecule has 4 aromatic rings. The number of nitrogens with zero attached hydrogens (tertiary/aromatic N) is 6. The number of thiazole rings is 1. The van der Waals surface area contributed by atoms with Gasteiger partial charge in [0.2, 0.25) is 5.91 Å². The van der Waals surface area contributed by atoms with E-state index in [1.807, 2.05) is 0 Å². The topological polar surface area (TPSA) is 134 Å². The summed E-state index contributed by atoms with van der Waals surface area (Å²) in [4.78, 5) is 62.1. The van der Waals surface area contributed by atoms with Crippen LogP contribution in [-0.2, 0) is 29.4 Å². The van der Waals surface area contributed by atoms with Crippen LogP contribution in [0.3, 0.4) is 0 Å². The molecule has 0 aliphatic heterocycles. The largest absolute Gasteiger partial charge is 0.418 e. The molecule has 15 heteroatoms. The van der Waals surface area contributed by atoms with Crippen LogP contribution < -0.4 is 16.6 Å². The van der Waals surface area contributed by atoms with E-state index in [0.29, 0.717) is 0 Å². The number of nitrogens with one attached hydrogen (secondary N) is 1. The standard InChI is InChI=1S/C22H20F3N7O4S/c1-10(33)7-31-20(35)16-17(30(4)21(31)36)27-9-32(16)12(3)18(34)28-15-8-37-19(29-15)13-5-14(22(23,24)25)11(2)26-6-13/h5-6,8-9,12H,7H2,1-4H3,(H,28,34). The predicted molar refractivity (Wildman–Crippen MR) is 128 cm³/mol. The van der Waals surface area contributed by atoms with Crippen molar-refractivity contribution in [3.05, 3.63) is 56.1 Å². The number of ketones is 1. The number of aryl methyl sites for hydroxylation is 2. The summed E-state index contributed by atoms with van der Waals surface area (Å²) >= 11 is 1.02. The SMILES string of the molecule is CC(=O)Cn1c(=O)c2c(ncn2C(C)C(=O)Nc2csc(-c3cnc(C)c(C(F)(F)F)c3)n2)n(C)c1=O. The number of imidazole rings is 1. The van der Waals surface area contributed by atoms with Crippen LogP contribution in [0.15, 0.2) is 33.6 Å². The second kappa shape index (κ2) is 9.38. The average Bonchev–Trinajstić information content (AvgIpc) is 3.47. The van der Waals surface area contributed by atoms with Crippen LogP contribution in [0, 0.1) is 6.92 Å². The molecule has 0 aromatic carbocycles. The quantitative estimate of drug-likeness (QED) is 0.401. The normalized spacial score (nSPS) is 12.6. The van der Waals surface area contributed by atoms with Gasteiger partial charge in [0.25, 0.3) is 5.56 Å². The average molecular weight is 536 g/mol. The molecule has 0 bridgehead atoms. The molecule has 1 amide bonds. The van der Waals surface area contributed by atoms with Crippen LogP contribution in [0.2, 0.25) is 0 Å². The second-order valence-corrected chi connectivity index (χ2v) is 9.17. The number of halogens is 3. The molecule has 0 radical (unpaired) electrons. The Hall–Kier alpha value is -4.14. The first-order valence-corrected chi connectivity index (χ1v) is 11.6. The molecule has 0 fully saturated rings. The van der Waals surface area contributed by atoms with E-state index in [0.717, 1.165) is 26.5 Å². The highest BCUT2D eigenvalue weighted by Crippen LogP contribution is 2.35. The molecular weight excluding hydrogens is 515 g/mol. The summed E-state index contributed by atoms with van der Waals surface area (Å²) in [6.45, 7) is 3.55. The number of alkyl halides is 3. The molecular formula is C22H20F3N7O4S. The fraction of sp³-hybridized carbons (Fsp3) is 0.318. The predicted octanol–water partition coefficient (Wildman–Crippen LogP) is 2.53. The summed E-state index contributed by atoms with van der Waals surface area (Å²) in [6.07, 6.45) is -2.07. The van der Waals surface area contributed by atoms with Gasteiger partial charge in [-0.1, -0.05) is 0 Å². The van der Waals surface area contributed by atoms with Gasteiger partial charge in [0.1, 0.15) is 22.7 Å². The molecule has 4 heterocycles. The summed E-state index contributed by atoms with van der Waals surface area (Å²) in [5, 5.41) is 4.25. The number of anilines is 1. The van der Waals surface area contributed by atoms with E-state index in [1.165, 1.54) is 50.3 Å². The van der Waals surface area contributed by atoms with Gasteiger partial charge in [-0.05, 0) is 26.8 Å². The Labute approximate surface area is 210 Å². The molecule has 37 heavy (non-hydrogen) atoms. The Morgan fingerprint density at radius 2 is 1.92 bits per heavy atom. The minimum Gasteiger partial charge on any atom is -0.312 e. The minimum absolute atomic E-state index is 0.0396. The lowest BCUT2D eigenvalue weighted by molar-refractivity contribution is -0.138. The van der Waals surface area contributed by atoms with Crippen LogP contribution in [0.4, 0.5) is 19.0 Å². The van der Waals surface area contributed by atoms with Crippen molar-refractivity contribution < 1.29 is 22.8 Å². The number of rotatable bonds is 6. The molecule has 0 spiro atoms. The van der Waals surface area contributed by atoms with Gasteiger partial charge in [-0.2, -0.15) is 13.2 Å². The maximum absolute atomic E-state index is 13.2. The fourth-order valence-electron chi connectivity index (χ4n) is 3.70. The van der Waals surface area contributed by atoms with E-state index in [-0.39, 0.29) is 33.2 Å². The Balaban J connectivity index is 1.63. The molecule has 0 saturated heterocycles. The second-order valence-electron chi connectivity index (χ2n) is 8.32. The lowest BCUT2D eigenvalue weighted by atomic mass is 10.1. The Bertz CT molecular complexity index is 1670. The fourth-order valence-corrected chi connectivity index (χ4v) is 4.44. The van der Waals surface area contributed by atoms with Crippen molar-refractivity contribution >= 4 is 40.0 Å². The maximum atomic E-state index is 13.2. The third-order valence-corrected chi connectivity index (χ3v) is 6.52. The summed E-state index contributed by atoms with van der Waals surface area (Å²) < 4.78 is 42.9. The Kier molecular flexibility index (Phi) is 6.58. The van der Waals surface area contributed by atoms with Crippen LogP contribution in [0.5, 0.6) is 0 Å². The lowest BCUT2D eigenvalue weighted by Crippen LogP contribution is -2.41. The van der Waals surface area contributed by atoms with Gasteiger partial charge in [0.15, 0.2) is 11.2 Å². The van der Waals surface area contributed by atoms with E-state index < -0.39 is 47.3 Å². The number of hydrogen-bond acceptors (Lipinski definition) is 8. The van der Waals surface area contributed by atoms with Crippen molar-refractivity contribution in [1.29, 1.82) is 0 Å². The highest BCUT2D eigenvalue weighted by Gasteiger charge is 2.33. The molecule has 4 aromatic heterocycles. The molecule has 0 aliphatic carbocycles. The van der Waals surface area contributed by atoms with Gasteiger partial charge < -0.3 is 9.88 Å². The number of amides is 1. The van der Waals surface area contributed by atoms with Crippen LogP contribution >= 0.6 is 11.3 Å². The summed E-state index contributed by atoms with van der Waals surface area (Å²) in [5.74, 6) is -0.904. The maximum Gasteiger partial charge on any atom is 0.418 e. The first-order chi connectivity index (χ1) is 17.3. The van der Waals surface area contributed by atoms with Crippen molar-refractivity contribution in [1.82, 2.24) is 28.7 Å².